The number of hydrogen-bond acceptors (Lipinski definition) is 5. The highest BCUT2D eigenvalue weighted by atomic mass is 32.1. The van der Waals surface area contributed by atoms with Gasteiger partial charge in [0.1, 0.15) is 5.75 Å². The highest BCUT2D eigenvalue weighted by molar-refractivity contribution is 7.22. The second-order valence-electron chi connectivity index (χ2n) is 4.91. The number of ether oxygens (including phenoxy) is 1. The van der Waals surface area contributed by atoms with E-state index in [1.807, 2.05) is 31.2 Å². The van der Waals surface area contributed by atoms with Gasteiger partial charge in [-0.25, -0.2) is 4.98 Å². The first-order chi connectivity index (χ1) is 11.7. The van der Waals surface area contributed by atoms with Gasteiger partial charge in [0.2, 0.25) is 5.13 Å². The van der Waals surface area contributed by atoms with E-state index in [0.29, 0.717) is 11.6 Å². The molecule has 0 aliphatic heterocycles. The van der Waals surface area contributed by atoms with Crippen molar-refractivity contribution in [2.75, 3.05) is 5.43 Å². The fourth-order valence-corrected chi connectivity index (χ4v) is 3.02. The summed E-state index contributed by atoms with van der Waals surface area (Å²) in [6.45, 7) is -0.849. The van der Waals surface area contributed by atoms with Crippen molar-refractivity contribution < 1.29 is 13.5 Å². The van der Waals surface area contributed by atoms with Gasteiger partial charge in [0.25, 0.3) is 0 Å². The lowest BCUT2D eigenvalue weighted by Crippen LogP contribution is -2.04. The maximum atomic E-state index is 12.2. The molecule has 0 bridgehead atoms. The van der Waals surface area contributed by atoms with Crippen LogP contribution in [0, 0.1) is 0 Å². The molecule has 7 heteroatoms. The second kappa shape index (κ2) is 7.35. The minimum atomic E-state index is -2.82. The Labute approximate surface area is 141 Å². The summed E-state index contributed by atoms with van der Waals surface area (Å²) >= 11 is 1.52. The molecule has 0 fully saturated rings. The van der Waals surface area contributed by atoms with E-state index in [4.69, 9.17) is 0 Å². The minimum Gasteiger partial charge on any atom is -0.435 e. The van der Waals surface area contributed by atoms with Crippen LogP contribution in [0.4, 0.5) is 13.9 Å². The van der Waals surface area contributed by atoms with Crippen LogP contribution in [0.15, 0.2) is 53.6 Å². The molecule has 0 spiro atoms. The summed E-state index contributed by atoms with van der Waals surface area (Å²) < 4.78 is 29.8. The summed E-state index contributed by atoms with van der Waals surface area (Å²) in [7, 11) is 0. The molecule has 0 aliphatic rings. The molecule has 3 rings (SSSR count). The van der Waals surface area contributed by atoms with Crippen molar-refractivity contribution in [3.8, 4) is 5.75 Å². The van der Waals surface area contributed by atoms with Crippen LogP contribution < -0.4 is 10.2 Å². The average Bonchev–Trinajstić information content (AvgIpc) is 2.99. The van der Waals surface area contributed by atoms with Gasteiger partial charge in [0.15, 0.2) is 0 Å². The van der Waals surface area contributed by atoms with Crippen LogP contribution in [-0.4, -0.2) is 17.3 Å². The lowest BCUT2D eigenvalue weighted by molar-refractivity contribution is -0.0498. The predicted molar refractivity (Wildman–Crippen MR) is 93.1 cm³/mol. The Morgan fingerprint density at radius 3 is 2.62 bits per heavy atom. The van der Waals surface area contributed by atoms with Crippen LogP contribution >= 0.6 is 11.3 Å². The number of fused-ring (bicyclic) bond motifs is 1. The molecule has 2 aromatic carbocycles. The van der Waals surface area contributed by atoms with Crippen LogP contribution in [0.25, 0.3) is 10.2 Å². The van der Waals surface area contributed by atoms with E-state index in [1.165, 1.54) is 23.5 Å². The fraction of sp³-hybridized carbons (Fsp3) is 0.176. The summed E-state index contributed by atoms with van der Waals surface area (Å²) in [5, 5.41) is 5.10. The van der Waals surface area contributed by atoms with Gasteiger partial charge in [0, 0.05) is 0 Å². The van der Waals surface area contributed by atoms with Crippen LogP contribution in [0.5, 0.6) is 5.75 Å². The van der Waals surface area contributed by atoms with Crippen molar-refractivity contribution in [1.82, 2.24) is 4.98 Å². The SMILES string of the molecule is CC/C(=N/Nc1nc2ccccc2s1)c1ccc(OC(F)F)cc1. The Balaban J connectivity index is 1.76. The molecular weight excluding hydrogens is 332 g/mol. The summed E-state index contributed by atoms with van der Waals surface area (Å²) in [5.41, 5.74) is 5.54. The van der Waals surface area contributed by atoms with Gasteiger partial charge < -0.3 is 4.74 Å². The number of halogens is 2. The van der Waals surface area contributed by atoms with E-state index < -0.39 is 6.61 Å². The van der Waals surface area contributed by atoms with Crippen molar-refractivity contribution >= 4 is 32.4 Å². The molecule has 1 N–H and O–H groups in total. The number of anilines is 1. The molecular formula is C17H15F2N3OS. The van der Waals surface area contributed by atoms with Crippen molar-refractivity contribution in [2.24, 2.45) is 5.10 Å². The molecule has 0 saturated heterocycles. The number of rotatable bonds is 6. The number of alkyl halides is 2. The van der Waals surface area contributed by atoms with Crippen LogP contribution in [-0.2, 0) is 0 Å². The third-order valence-corrected chi connectivity index (χ3v) is 4.27. The maximum Gasteiger partial charge on any atom is 0.387 e. The Morgan fingerprint density at radius 1 is 1.21 bits per heavy atom. The minimum absolute atomic E-state index is 0.128. The molecule has 0 atom stereocenters. The summed E-state index contributed by atoms with van der Waals surface area (Å²) in [4.78, 5) is 4.46. The first-order valence-electron chi connectivity index (χ1n) is 7.39. The van der Waals surface area contributed by atoms with Crippen molar-refractivity contribution in [3.05, 3.63) is 54.1 Å². The number of para-hydroxylation sites is 1. The highest BCUT2D eigenvalue weighted by Gasteiger charge is 2.07. The zero-order valence-electron chi connectivity index (χ0n) is 12.9. The van der Waals surface area contributed by atoms with E-state index in [0.717, 1.165) is 21.5 Å². The molecule has 0 radical (unpaired) electrons. The first-order valence-corrected chi connectivity index (χ1v) is 8.20. The third-order valence-electron chi connectivity index (χ3n) is 3.33. The Hall–Kier alpha value is -2.54. The molecule has 3 aromatic rings. The molecule has 0 saturated carbocycles. The number of hydrogen-bond donors (Lipinski definition) is 1. The predicted octanol–water partition coefficient (Wildman–Crippen LogP) is 5.12. The second-order valence-corrected chi connectivity index (χ2v) is 5.94. The lowest BCUT2D eigenvalue weighted by atomic mass is 10.1. The number of nitrogens with one attached hydrogen (secondary N) is 1. The fourth-order valence-electron chi connectivity index (χ4n) is 2.21. The monoisotopic (exact) mass is 347 g/mol. The molecule has 0 amide bonds. The topological polar surface area (TPSA) is 46.5 Å². The van der Waals surface area contributed by atoms with Gasteiger partial charge in [-0.3, -0.25) is 5.43 Å². The Kier molecular flexibility index (Phi) is 5.00. The number of hydrazone groups is 1. The summed E-state index contributed by atoms with van der Waals surface area (Å²) in [6, 6.07) is 14.3. The standard InChI is InChI=1S/C17H15F2N3OS/c1-2-13(11-7-9-12(10-8-11)23-16(18)19)21-22-17-20-14-5-3-4-6-15(14)24-17/h3-10,16H,2H2,1H3,(H,20,22)/b21-13-. The van der Waals surface area contributed by atoms with Crippen LogP contribution in [0.3, 0.4) is 0 Å². The Morgan fingerprint density at radius 2 is 1.96 bits per heavy atom. The zero-order chi connectivity index (χ0) is 16.9. The highest BCUT2D eigenvalue weighted by Crippen LogP contribution is 2.25. The summed E-state index contributed by atoms with van der Waals surface area (Å²) in [6.07, 6.45) is 0.687. The maximum absolute atomic E-state index is 12.2. The van der Waals surface area contributed by atoms with Gasteiger partial charge in [-0.1, -0.05) is 30.4 Å². The largest absolute Gasteiger partial charge is 0.435 e. The third kappa shape index (κ3) is 3.86. The lowest BCUT2D eigenvalue weighted by Gasteiger charge is -2.07. The van der Waals surface area contributed by atoms with E-state index >= 15 is 0 Å². The van der Waals surface area contributed by atoms with Gasteiger partial charge in [0.05, 0.1) is 15.9 Å². The molecule has 124 valence electrons. The molecule has 0 unspecified atom stereocenters. The molecule has 1 aromatic heterocycles. The van der Waals surface area contributed by atoms with E-state index in [1.54, 1.807) is 12.1 Å². The van der Waals surface area contributed by atoms with Gasteiger partial charge >= 0.3 is 6.61 Å². The first kappa shape index (κ1) is 16.3. The number of aromatic nitrogens is 1. The van der Waals surface area contributed by atoms with Gasteiger partial charge in [-0.2, -0.15) is 13.9 Å². The van der Waals surface area contributed by atoms with Crippen molar-refractivity contribution in [1.29, 1.82) is 0 Å². The van der Waals surface area contributed by atoms with Crippen molar-refractivity contribution in [2.45, 2.75) is 20.0 Å². The normalized spacial score (nSPS) is 11.9. The smallest absolute Gasteiger partial charge is 0.387 e. The van der Waals surface area contributed by atoms with E-state index in [-0.39, 0.29) is 5.75 Å². The number of benzene rings is 2. The molecule has 4 nitrogen and oxygen atoms in total. The zero-order valence-corrected chi connectivity index (χ0v) is 13.7. The van der Waals surface area contributed by atoms with E-state index in [9.17, 15) is 8.78 Å². The Bertz CT molecular complexity index is 813. The van der Waals surface area contributed by atoms with Gasteiger partial charge in [-0.05, 0) is 48.4 Å². The van der Waals surface area contributed by atoms with Crippen LogP contribution in [0.1, 0.15) is 18.9 Å². The van der Waals surface area contributed by atoms with Gasteiger partial charge in [-0.15, -0.1) is 0 Å². The summed E-state index contributed by atoms with van der Waals surface area (Å²) in [5.74, 6) is 0.128. The average molecular weight is 347 g/mol. The molecule has 24 heavy (non-hydrogen) atoms. The molecule has 1 heterocycles. The van der Waals surface area contributed by atoms with Crippen LogP contribution in [0.2, 0.25) is 0 Å². The van der Waals surface area contributed by atoms with Crippen molar-refractivity contribution in [3.63, 3.8) is 0 Å². The quantitative estimate of drug-likeness (QED) is 0.497. The molecule has 0 aliphatic carbocycles. The number of thiazole rings is 1. The number of nitrogens with zero attached hydrogens (tertiary/aromatic N) is 2. The van der Waals surface area contributed by atoms with E-state index in [2.05, 4.69) is 20.2 Å².